The van der Waals surface area contributed by atoms with E-state index in [1.165, 1.54) is 11.6 Å². The third-order valence-corrected chi connectivity index (χ3v) is 6.10. The number of rotatable bonds is 10. The molecule has 4 nitrogen and oxygen atoms in total. The quantitative estimate of drug-likeness (QED) is 0.284. The second-order valence-electron chi connectivity index (χ2n) is 8.57. The molecule has 0 atom stereocenters. The Kier molecular flexibility index (Phi) is 8.35. The standard InChI is InChI=1S/C31H30FNO3/c1-22-20-26(35-2)13-14-27(22)25-12-15-30(36-19-17-23-8-4-3-5-9-23)28(21-25)31(34)33-18-16-24-10-6-7-11-29(24)32/h3-15,20-21H,16-19H2,1-2H3,(H,33,34). The molecule has 0 bridgehead atoms. The first kappa shape index (κ1) is 25.0. The molecule has 0 spiro atoms. The molecule has 1 N–H and O–H groups in total. The summed E-state index contributed by atoms with van der Waals surface area (Å²) in [5.74, 6) is 0.773. The van der Waals surface area contributed by atoms with Crippen LogP contribution in [0.3, 0.4) is 0 Å². The molecule has 0 aromatic heterocycles. The summed E-state index contributed by atoms with van der Waals surface area (Å²) in [7, 11) is 1.64. The molecular weight excluding hydrogens is 453 g/mol. The fourth-order valence-corrected chi connectivity index (χ4v) is 4.12. The van der Waals surface area contributed by atoms with Gasteiger partial charge in [-0.05, 0) is 71.5 Å². The average Bonchev–Trinajstić information content (AvgIpc) is 2.90. The summed E-state index contributed by atoms with van der Waals surface area (Å²) in [5, 5.41) is 2.93. The Morgan fingerprint density at radius 1 is 0.889 bits per heavy atom. The minimum absolute atomic E-state index is 0.255. The second-order valence-corrected chi connectivity index (χ2v) is 8.57. The van der Waals surface area contributed by atoms with E-state index in [2.05, 4.69) is 17.4 Å². The topological polar surface area (TPSA) is 47.6 Å². The van der Waals surface area contributed by atoms with Crippen molar-refractivity contribution in [3.8, 4) is 22.6 Å². The van der Waals surface area contributed by atoms with Crippen molar-refractivity contribution in [2.24, 2.45) is 0 Å². The monoisotopic (exact) mass is 483 g/mol. The molecule has 4 rings (SSSR count). The third kappa shape index (κ3) is 6.30. The lowest BCUT2D eigenvalue weighted by Gasteiger charge is -2.15. The van der Waals surface area contributed by atoms with Crippen molar-refractivity contribution < 1.29 is 18.7 Å². The Bertz CT molecular complexity index is 1320. The molecule has 0 unspecified atom stereocenters. The highest BCUT2D eigenvalue weighted by Crippen LogP contribution is 2.31. The molecule has 0 heterocycles. The number of carbonyl (C=O) groups is 1. The average molecular weight is 484 g/mol. The van der Waals surface area contributed by atoms with Crippen molar-refractivity contribution in [3.63, 3.8) is 0 Å². The van der Waals surface area contributed by atoms with E-state index in [-0.39, 0.29) is 11.7 Å². The van der Waals surface area contributed by atoms with E-state index in [9.17, 15) is 9.18 Å². The molecule has 0 aliphatic carbocycles. The number of ether oxygens (including phenoxy) is 2. The first-order chi connectivity index (χ1) is 17.5. The number of hydrogen-bond donors (Lipinski definition) is 1. The van der Waals surface area contributed by atoms with E-state index in [4.69, 9.17) is 9.47 Å². The van der Waals surface area contributed by atoms with E-state index in [0.717, 1.165) is 28.9 Å². The van der Waals surface area contributed by atoms with E-state index >= 15 is 0 Å². The first-order valence-electron chi connectivity index (χ1n) is 12.0. The summed E-state index contributed by atoms with van der Waals surface area (Å²) < 4.78 is 25.4. The number of methoxy groups -OCH3 is 1. The van der Waals surface area contributed by atoms with Crippen LogP contribution in [0.5, 0.6) is 11.5 Å². The SMILES string of the molecule is COc1ccc(-c2ccc(OCCc3ccccc3)c(C(=O)NCCc3ccccc3F)c2)c(C)c1. The fraction of sp³-hybridized carbons (Fsp3) is 0.194. The molecule has 0 saturated heterocycles. The molecule has 0 radical (unpaired) electrons. The van der Waals surface area contributed by atoms with Gasteiger partial charge in [-0.25, -0.2) is 4.39 Å². The Morgan fingerprint density at radius 3 is 2.42 bits per heavy atom. The number of halogens is 1. The lowest BCUT2D eigenvalue weighted by molar-refractivity contribution is 0.0950. The van der Waals surface area contributed by atoms with Crippen LogP contribution in [0.15, 0.2) is 91.0 Å². The molecule has 4 aromatic carbocycles. The van der Waals surface area contributed by atoms with E-state index < -0.39 is 0 Å². The van der Waals surface area contributed by atoms with Crippen LogP contribution in [-0.2, 0) is 12.8 Å². The number of benzene rings is 4. The van der Waals surface area contributed by atoms with Crippen LogP contribution in [0.4, 0.5) is 4.39 Å². The Hall–Kier alpha value is -4.12. The zero-order chi connectivity index (χ0) is 25.3. The van der Waals surface area contributed by atoms with Crippen LogP contribution in [0, 0.1) is 12.7 Å². The third-order valence-electron chi connectivity index (χ3n) is 6.10. The summed E-state index contributed by atoms with van der Waals surface area (Å²) in [5.41, 5.74) is 5.14. The van der Waals surface area contributed by atoms with E-state index in [1.807, 2.05) is 61.5 Å². The molecule has 0 aliphatic rings. The van der Waals surface area contributed by atoms with Crippen LogP contribution in [0.25, 0.3) is 11.1 Å². The van der Waals surface area contributed by atoms with Crippen molar-refractivity contribution in [2.45, 2.75) is 19.8 Å². The Morgan fingerprint density at radius 2 is 1.67 bits per heavy atom. The van der Waals surface area contributed by atoms with Crippen LogP contribution in [0.1, 0.15) is 27.0 Å². The molecule has 184 valence electrons. The van der Waals surface area contributed by atoms with Crippen molar-refractivity contribution in [1.29, 1.82) is 0 Å². The summed E-state index contributed by atoms with van der Waals surface area (Å²) in [6.07, 6.45) is 1.13. The van der Waals surface area contributed by atoms with Gasteiger partial charge in [0.05, 0.1) is 19.3 Å². The van der Waals surface area contributed by atoms with Gasteiger partial charge in [0.2, 0.25) is 0 Å². The minimum Gasteiger partial charge on any atom is -0.497 e. The van der Waals surface area contributed by atoms with Gasteiger partial charge in [-0.2, -0.15) is 0 Å². The molecule has 0 saturated carbocycles. The van der Waals surface area contributed by atoms with Gasteiger partial charge in [0.15, 0.2) is 0 Å². The van der Waals surface area contributed by atoms with Gasteiger partial charge in [-0.1, -0.05) is 60.7 Å². The van der Waals surface area contributed by atoms with Crippen LogP contribution >= 0.6 is 0 Å². The predicted octanol–water partition coefficient (Wildman–Crippen LogP) is 6.40. The molecule has 0 aliphatic heterocycles. The number of aryl methyl sites for hydroxylation is 1. The highest BCUT2D eigenvalue weighted by Gasteiger charge is 2.16. The summed E-state index contributed by atoms with van der Waals surface area (Å²) in [6.45, 7) is 2.77. The van der Waals surface area contributed by atoms with Crippen molar-refractivity contribution in [1.82, 2.24) is 5.32 Å². The van der Waals surface area contributed by atoms with Gasteiger partial charge in [-0.3, -0.25) is 4.79 Å². The van der Waals surface area contributed by atoms with Gasteiger partial charge in [0.1, 0.15) is 17.3 Å². The normalized spacial score (nSPS) is 10.6. The largest absolute Gasteiger partial charge is 0.497 e. The molecule has 1 amide bonds. The summed E-state index contributed by atoms with van der Waals surface area (Å²) in [4.78, 5) is 13.2. The fourth-order valence-electron chi connectivity index (χ4n) is 4.12. The molecule has 36 heavy (non-hydrogen) atoms. The molecule has 5 heteroatoms. The number of hydrogen-bond acceptors (Lipinski definition) is 3. The highest BCUT2D eigenvalue weighted by atomic mass is 19.1. The number of amides is 1. The molecular formula is C31H30FNO3. The number of carbonyl (C=O) groups excluding carboxylic acids is 1. The van der Waals surface area contributed by atoms with Crippen LogP contribution in [-0.4, -0.2) is 26.2 Å². The number of nitrogens with one attached hydrogen (secondary N) is 1. The van der Waals surface area contributed by atoms with Gasteiger partial charge in [0.25, 0.3) is 5.91 Å². The van der Waals surface area contributed by atoms with Crippen LogP contribution < -0.4 is 14.8 Å². The maximum atomic E-state index is 14.0. The minimum atomic E-state index is -0.270. The van der Waals surface area contributed by atoms with Crippen molar-refractivity contribution in [2.75, 3.05) is 20.3 Å². The van der Waals surface area contributed by atoms with E-state index in [1.54, 1.807) is 25.3 Å². The Balaban J connectivity index is 1.54. The maximum absolute atomic E-state index is 14.0. The predicted molar refractivity (Wildman–Crippen MR) is 141 cm³/mol. The van der Waals surface area contributed by atoms with Gasteiger partial charge < -0.3 is 14.8 Å². The lowest BCUT2D eigenvalue weighted by Crippen LogP contribution is -2.26. The van der Waals surface area contributed by atoms with Gasteiger partial charge in [0, 0.05) is 13.0 Å². The first-order valence-corrected chi connectivity index (χ1v) is 12.0. The van der Waals surface area contributed by atoms with Crippen molar-refractivity contribution >= 4 is 5.91 Å². The molecule has 4 aromatic rings. The highest BCUT2D eigenvalue weighted by molar-refractivity contribution is 5.98. The van der Waals surface area contributed by atoms with Crippen LogP contribution in [0.2, 0.25) is 0 Å². The smallest absolute Gasteiger partial charge is 0.255 e. The molecule has 0 fully saturated rings. The second kappa shape index (κ2) is 12.0. The zero-order valence-electron chi connectivity index (χ0n) is 20.6. The zero-order valence-corrected chi connectivity index (χ0v) is 20.6. The summed E-state index contributed by atoms with van der Waals surface area (Å²) in [6, 6.07) is 28.2. The van der Waals surface area contributed by atoms with Gasteiger partial charge in [-0.15, -0.1) is 0 Å². The van der Waals surface area contributed by atoms with Crippen molar-refractivity contribution in [3.05, 3.63) is 119 Å². The van der Waals surface area contributed by atoms with E-state index in [0.29, 0.717) is 36.4 Å². The Labute approximate surface area is 211 Å². The summed E-state index contributed by atoms with van der Waals surface area (Å²) >= 11 is 0. The lowest BCUT2D eigenvalue weighted by atomic mass is 9.98. The van der Waals surface area contributed by atoms with Gasteiger partial charge >= 0.3 is 0 Å². The maximum Gasteiger partial charge on any atom is 0.255 e.